The molecule has 3 aliphatic heterocycles. The van der Waals surface area contributed by atoms with Gasteiger partial charge in [0, 0.05) is 104 Å². The summed E-state index contributed by atoms with van der Waals surface area (Å²) in [7, 11) is 9.89. The van der Waals surface area contributed by atoms with Gasteiger partial charge in [-0.2, -0.15) is 0 Å². The number of hydrogen-bond donors (Lipinski definition) is 1. The Morgan fingerprint density at radius 1 is 1.00 bits per heavy atom. The molecule has 13 heteroatoms. The van der Waals surface area contributed by atoms with Crippen LogP contribution in [0.2, 0.25) is 0 Å². The first-order chi connectivity index (χ1) is 28.1. The molecule has 1 saturated heterocycles. The molecule has 2 bridgehead atoms. The number of rotatable bonds is 17. The number of ether oxygens (including phenoxy) is 8. The van der Waals surface area contributed by atoms with Crippen molar-refractivity contribution in [1.82, 2.24) is 4.90 Å². The van der Waals surface area contributed by atoms with Gasteiger partial charge in [0.05, 0.1) is 55.4 Å². The molecule has 1 N–H and O–H groups in total. The number of allylic oxidation sites excluding steroid dienone is 2. The summed E-state index contributed by atoms with van der Waals surface area (Å²) in [6, 6.07) is 0. The smallest absolute Gasteiger partial charge is 0.331 e. The minimum absolute atomic E-state index is 0.0160. The Bertz CT molecular complexity index is 1430. The molecule has 3 rings (SSSR count). The first-order valence-electron chi connectivity index (χ1n) is 21.3. The number of nitrogens with zero attached hydrogens (tertiary/aromatic N) is 1. The van der Waals surface area contributed by atoms with Crippen molar-refractivity contribution in [2.75, 3.05) is 49.2 Å². The molecule has 3 heterocycles. The molecule has 1 spiro atoms. The monoisotopic (exact) mass is 834 g/mol. The molecule has 0 aliphatic carbocycles. The van der Waals surface area contributed by atoms with Gasteiger partial charge in [-0.3, -0.25) is 9.59 Å². The Kier molecular flexibility index (Phi) is 21.1. The number of hydrogen-bond acceptors (Lipinski definition) is 12. The molecule has 13 nitrogen and oxygen atoms in total. The lowest BCUT2D eigenvalue weighted by molar-refractivity contribution is -0.159. The lowest BCUT2D eigenvalue weighted by Crippen LogP contribution is -2.50. The fourth-order valence-electron chi connectivity index (χ4n) is 8.81. The van der Waals surface area contributed by atoms with E-state index < -0.39 is 59.8 Å². The highest BCUT2D eigenvalue weighted by atomic mass is 16.6. The van der Waals surface area contributed by atoms with E-state index in [1.807, 2.05) is 53.7 Å². The van der Waals surface area contributed by atoms with Crippen molar-refractivity contribution in [2.45, 2.75) is 147 Å². The highest BCUT2D eigenvalue weighted by molar-refractivity contribution is 5.82. The van der Waals surface area contributed by atoms with E-state index >= 15 is 0 Å². The van der Waals surface area contributed by atoms with Crippen LogP contribution in [0.5, 0.6) is 0 Å². The van der Waals surface area contributed by atoms with E-state index in [1.54, 1.807) is 54.9 Å². The lowest BCUT2D eigenvalue weighted by Gasteiger charge is -2.39. The van der Waals surface area contributed by atoms with Crippen molar-refractivity contribution in [3.63, 3.8) is 0 Å². The van der Waals surface area contributed by atoms with Gasteiger partial charge < -0.3 is 47.9 Å². The number of aliphatic hydroxyl groups is 1. The molecule has 0 radical (unpaired) electrons. The summed E-state index contributed by atoms with van der Waals surface area (Å²) in [5.74, 6) is -2.29. The van der Waals surface area contributed by atoms with Crippen molar-refractivity contribution in [2.24, 2.45) is 29.6 Å². The first kappa shape index (κ1) is 50.6. The molecule has 59 heavy (non-hydrogen) atoms. The zero-order valence-corrected chi connectivity index (χ0v) is 37.7. The zero-order chi connectivity index (χ0) is 43.9. The molecule has 15 atom stereocenters. The fraction of sp³-hybridized carbons (Fsp3) is 0.761. The van der Waals surface area contributed by atoms with Gasteiger partial charge >= 0.3 is 5.97 Å². The number of fused-ring (bicyclic) bond motifs is 2. The van der Waals surface area contributed by atoms with Crippen LogP contribution in [0.3, 0.4) is 0 Å². The van der Waals surface area contributed by atoms with E-state index in [-0.39, 0.29) is 48.5 Å². The Labute approximate surface area is 353 Å². The van der Waals surface area contributed by atoms with Crippen LogP contribution in [0.1, 0.15) is 86.5 Å². The second-order valence-corrected chi connectivity index (χ2v) is 17.1. The lowest BCUT2D eigenvalue weighted by atomic mass is 9.78. The SMILES string of the molecule is CO[C@H]1C/C=C(\C)C=CC(=O)O[C@H]([C@@H](C)[C@@H](O)[C@@H](C)CCC(=O)[C@H](C)[C@H](OC)[C@H](C)/C=C/N(C)C=O)[C@@H](C)[C@H](OC)C[C@H](OC)[C@]2(CO2)[C@@H](OC)C[C@@H]2CC=C[C@@H](C1)O2. The van der Waals surface area contributed by atoms with Crippen LogP contribution in [-0.4, -0.2) is 138 Å². The number of Topliss-reactive ketones (excluding diaryl/α,β-unsaturated/α-hetero) is 1. The summed E-state index contributed by atoms with van der Waals surface area (Å²) in [5, 5.41) is 11.9. The van der Waals surface area contributed by atoms with Gasteiger partial charge in [-0.15, -0.1) is 0 Å². The Morgan fingerprint density at radius 3 is 2.27 bits per heavy atom. The maximum Gasteiger partial charge on any atom is 0.331 e. The van der Waals surface area contributed by atoms with Crippen LogP contribution >= 0.6 is 0 Å². The predicted octanol–water partition coefficient (Wildman–Crippen LogP) is 6.03. The number of epoxide rings is 1. The number of cyclic esters (lactones) is 1. The first-order valence-corrected chi connectivity index (χ1v) is 21.3. The molecule has 0 aromatic carbocycles. The van der Waals surface area contributed by atoms with Gasteiger partial charge in [-0.05, 0) is 32.1 Å². The second kappa shape index (κ2) is 24.6. The van der Waals surface area contributed by atoms with Crippen LogP contribution in [0.25, 0.3) is 0 Å². The molecule has 1 amide bonds. The Morgan fingerprint density at radius 2 is 1.68 bits per heavy atom. The predicted molar refractivity (Wildman–Crippen MR) is 225 cm³/mol. The Hall–Kier alpha value is -2.75. The summed E-state index contributed by atoms with van der Waals surface area (Å²) in [6.07, 6.45) is 13.8. The van der Waals surface area contributed by atoms with E-state index in [1.165, 1.54) is 11.0 Å². The van der Waals surface area contributed by atoms with Gasteiger partial charge in [0.25, 0.3) is 0 Å². The summed E-state index contributed by atoms with van der Waals surface area (Å²) in [5.41, 5.74) is 0.157. The molecule has 336 valence electrons. The number of carbonyl (C=O) groups excluding carboxylic acids is 3. The van der Waals surface area contributed by atoms with E-state index in [2.05, 4.69) is 12.2 Å². The van der Waals surface area contributed by atoms with Crippen LogP contribution in [0.15, 0.2) is 48.2 Å². The molecule has 1 fully saturated rings. The molecule has 0 aromatic rings. The molecular formula is C46H75NO12. The average molecular weight is 834 g/mol. The van der Waals surface area contributed by atoms with Crippen LogP contribution in [-0.2, 0) is 52.3 Å². The van der Waals surface area contributed by atoms with Crippen molar-refractivity contribution in [1.29, 1.82) is 0 Å². The van der Waals surface area contributed by atoms with Crippen LogP contribution in [0, 0.1) is 29.6 Å². The van der Waals surface area contributed by atoms with Gasteiger partial charge in [0.15, 0.2) is 0 Å². The van der Waals surface area contributed by atoms with Crippen LogP contribution in [0.4, 0.5) is 0 Å². The quantitative estimate of drug-likeness (QED) is 0.0790. The third kappa shape index (κ3) is 14.4. The summed E-state index contributed by atoms with van der Waals surface area (Å²) in [6.45, 7) is 11.9. The van der Waals surface area contributed by atoms with E-state index in [0.29, 0.717) is 45.1 Å². The third-order valence-electron chi connectivity index (χ3n) is 12.9. The van der Waals surface area contributed by atoms with E-state index in [0.717, 1.165) is 12.0 Å². The number of ketones is 1. The highest BCUT2D eigenvalue weighted by Gasteiger charge is 2.59. The summed E-state index contributed by atoms with van der Waals surface area (Å²) in [4.78, 5) is 39.5. The fourth-order valence-corrected chi connectivity index (χ4v) is 8.81. The maximum absolute atomic E-state index is 13.6. The topological polar surface area (TPSA) is 152 Å². The summed E-state index contributed by atoms with van der Waals surface area (Å²) < 4.78 is 49.0. The van der Waals surface area contributed by atoms with Gasteiger partial charge in [0.1, 0.15) is 17.5 Å². The van der Waals surface area contributed by atoms with Crippen molar-refractivity contribution >= 4 is 18.2 Å². The van der Waals surface area contributed by atoms with Crippen molar-refractivity contribution in [3.8, 4) is 0 Å². The van der Waals surface area contributed by atoms with E-state index in [4.69, 9.17) is 37.9 Å². The molecule has 3 aliphatic rings. The Balaban J connectivity index is 1.88. The summed E-state index contributed by atoms with van der Waals surface area (Å²) >= 11 is 0. The zero-order valence-electron chi connectivity index (χ0n) is 37.7. The number of esters is 1. The minimum atomic E-state index is -0.917. The minimum Gasteiger partial charge on any atom is -0.458 e. The second-order valence-electron chi connectivity index (χ2n) is 17.1. The number of aliphatic hydroxyl groups excluding tert-OH is 1. The van der Waals surface area contributed by atoms with Gasteiger partial charge in [-0.25, -0.2) is 4.79 Å². The third-order valence-corrected chi connectivity index (χ3v) is 12.9. The normalized spacial score (nSPS) is 33.8. The number of carbonyl (C=O) groups is 3. The molecular weight excluding hydrogens is 759 g/mol. The van der Waals surface area contributed by atoms with Crippen molar-refractivity contribution in [3.05, 3.63) is 48.2 Å². The number of amides is 1. The maximum atomic E-state index is 13.6. The van der Waals surface area contributed by atoms with E-state index in [9.17, 15) is 19.5 Å². The molecule has 0 unspecified atom stereocenters. The largest absolute Gasteiger partial charge is 0.458 e. The van der Waals surface area contributed by atoms with Gasteiger partial charge in [-0.1, -0.05) is 70.6 Å². The van der Waals surface area contributed by atoms with Crippen LogP contribution < -0.4 is 0 Å². The molecule has 0 saturated carbocycles. The van der Waals surface area contributed by atoms with Gasteiger partial charge in [0.2, 0.25) is 6.41 Å². The highest BCUT2D eigenvalue weighted by Crippen LogP contribution is 2.43. The van der Waals surface area contributed by atoms with Crippen molar-refractivity contribution < 1.29 is 57.4 Å². The molecule has 0 aromatic heterocycles. The standard InChI is InChI=1S/C46H75NO12/c1-29-16-19-35(52-8)24-36-14-13-15-37(58-36)25-40(54-10)46(27-57-46)41(55-11)26-39(53-9)33(5)45(59-42(50)21-17-29)34(6)43(51)30(2)18-20-38(49)32(4)44(56-12)31(3)22-23-47(7)28-48/h13-14,16-17,21-23,28,30-37,39-41,43-45,51H,15,18-20,24-27H2,1-12H3/b21-17?,23-22+,29-16+/t30-,31+,32-,33-,34-,35-,36-,37-,39+,40-,41-,43-,44+,45-,46-/m0/s1. The number of methoxy groups -OCH3 is 5. The average Bonchev–Trinajstić information content (AvgIpc) is 4.04.